The minimum absolute atomic E-state index is 0.207. The minimum Gasteiger partial charge on any atom is -0.463 e. The Morgan fingerprint density at radius 3 is 2.61 bits per heavy atom. The van der Waals surface area contributed by atoms with Gasteiger partial charge in [-0.2, -0.15) is 9.97 Å². The highest BCUT2D eigenvalue weighted by Gasteiger charge is 2.44. The second kappa shape index (κ2) is 11.3. The molecule has 0 unspecified atom stereocenters. The standard InChI is InChI=1S/C32H42N8O/c1-6-23-10-8-11-24-12-9-13-27(29(23)24)39-17-14-25-26(19-39)34-31(41-21-32(15-16-32)20-38(4)5)35-30(25)33-18-28-22(3)36-37-40(28)7-2/h8-13H,6-7,14-21H2,1-5H3,(H,33,34,35). The minimum atomic E-state index is 0.207. The third-order valence-corrected chi connectivity index (χ3v) is 8.61. The lowest BCUT2D eigenvalue weighted by Gasteiger charge is -2.32. The number of rotatable bonds is 11. The van der Waals surface area contributed by atoms with Crippen molar-refractivity contribution in [2.75, 3.05) is 44.0 Å². The van der Waals surface area contributed by atoms with E-state index in [2.05, 4.69) is 89.8 Å². The Morgan fingerprint density at radius 2 is 1.88 bits per heavy atom. The molecule has 41 heavy (non-hydrogen) atoms. The average molecular weight is 555 g/mol. The Kier molecular flexibility index (Phi) is 7.55. The van der Waals surface area contributed by atoms with Gasteiger partial charge in [0.15, 0.2) is 0 Å². The van der Waals surface area contributed by atoms with Crippen molar-refractivity contribution >= 4 is 22.3 Å². The molecule has 0 saturated heterocycles. The van der Waals surface area contributed by atoms with Crippen LogP contribution in [0.3, 0.4) is 0 Å². The SMILES string of the molecule is CCc1cccc2cccc(N3CCc4c(nc(OCC5(CN(C)C)CC5)nc4NCc4c(C)nnn4CC)C3)c12. The van der Waals surface area contributed by atoms with E-state index in [1.54, 1.807) is 0 Å². The van der Waals surface area contributed by atoms with Crippen LogP contribution in [-0.4, -0.2) is 63.7 Å². The van der Waals surface area contributed by atoms with Crippen LogP contribution in [0.1, 0.15) is 54.9 Å². The number of hydrogen-bond donors (Lipinski definition) is 1. The van der Waals surface area contributed by atoms with Gasteiger partial charge in [0.1, 0.15) is 5.82 Å². The predicted octanol–water partition coefficient (Wildman–Crippen LogP) is 5.01. The summed E-state index contributed by atoms with van der Waals surface area (Å²) in [7, 11) is 4.25. The number of anilines is 2. The van der Waals surface area contributed by atoms with Gasteiger partial charge in [0, 0.05) is 41.7 Å². The molecule has 2 aromatic heterocycles. The van der Waals surface area contributed by atoms with Crippen LogP contribution in [0.25, 0.3) is 10.8 Å². The van der Waals surface area contributed by atoms with Crippen molar-refractivity contribution in [2.24, 2.45) is 5.41 Å². The van der Waals surface area contributed by atoms with E-state index in [-0.39, 0.29) is 5.41 Å². The van der Waals surface area contributed by atoms with Gasteiger partial charge in [0.05, 0.1) is 36.8 Å². The normalized spacial score (nSPS) is 15.8. The topological polar surface area (TPSA) is 84.2 Å². The van der Waals surface area contributed by atoms with E-state index in [0.29, 0.717) is 19.2 Å². The summed E-state index contributed by atoms with van der Waals surface area (Å²) in [6, 6.07) is 13.7. The van der Waals surface area contributed by atoms with Crippen LogP contribution in [0.2, 0.25) is 0 Å². The molecule has 1 fully saturated rings. The molecule has 4 aromatic rings. The maximum Gasteiger partial charge on any atom is 0.318 e. The first-order valence-electron chi connectivity index (χ1n) is 15.0. The Morgan fingerprint density at radius 1 is 1.07 bits per heavy atom. The van der Waals surface area contributed by atoms with Gasteiger partial charge in [-0.25, -0.2) is 4.68 Å². The summed E-state index contributed by atoms with van der Waals surface area (Å²) in [6.45, 7) is 11.0. The Bertz CT molecular complexity index is 1540. The highest BCUT2D eigenvalue weighted by atomic mass is 16.5. The molecule has 1 N–H and O–H groups in total. The third kappa shape index (κ3) is 5.60. The number of nitrogens with one attached hydrogen (secondary N) is 1. The van der Waals surface area contributed by atoms with Gasteiger partial charge in [-0.15, -0.1) is 5.10 Å². The summed E-state index contributed by atoms with van der Waals surface area (Å²) in [5.41, 5.74) is 7.08. The van der Waals surface area contributed by atoms with Crippen LogP contribution in [0.15, 0.2) is 36.4 Å². The fraction of sp³-hybridized carbons (Fsp3) is 0.500. The lowest BCUT2D eigenvalue weighted by atomic mass is 9.98. The lowest BCUT2D eigenvalue weighted by Crippen LogP contribution is -2.33. The van der Waals surface area contributed by atoms with E-state index < -0.39 is 0 Å². The second-order valence-corrected chi connectivity index (χ2v) is 11.9. The maximum atomic E-state index is 6.36. The van der Waals surface area contributed by atoms with Crippen LogP contribution in [0, 0.1) is 12.3 Å². The van der Waals surface area contributed by atoms with Crippen molar-refractivity contribution in [1.29, 1.82) is 0 Å². The number of nitrogens with zero attached hydrogens (tertiary/aromatic N) is 7. The molecule has 1 aliphatic carbocycles. The van der Waals surface area contributed by atoms with Gasteiger partial charge >= 0.3 is 6.01 Å². The Hall–Kier alpha value is -3.72. The number of benzene rings is 2. The molecule has 0 spiro atoms. The number of aromatic nitrogens is 5. The van der Waals surface area contributed by atoms with E-state index in [0.717, 1.165) is 61.9 Å². The molecule has 1 aliphatic heterocycles. The van der Waals surface area contributed by atoms with E-state index in [4.69, 9.17) is 14.7 Å². The van der Waals surface area contributed by atoms with Crippen molar-refractivity contribution in [3.63, 3.8) is 0 Å². The molecule has 0 atom stereocenters. The molecule has 6 rings (SSSR count). The fourth-order valence-corrected chi connectivity index (χ4v) is 6.25. The van der Waals surface area contributed by atoms with Crippen LogP contribution in [-0.2, 0) is 32.5 Å². The highest BCUT2D eigenvalue weighted by Crippen LogP contribution is 2.46. The van der Waals surface area contributed by atoms with Crippen molar-refractivity contribution in [2.45, 2.75) is 66.1 Å². The maximum absolute atomic E-state index is 6.36. The first kappa shape index (κ1) is 27.4. The fourth-order valence-electron chi connectivity index (χ4n) is 6.25. The van der Waals surface area contributed by atoms with E-state index in [1.807, 2.05) is 11.6 Å². The van der Waals surface area contributed by atoms with Gasteiger partial charge in [-0.05, 0) is 70.6 Å². The van der Waals surface area contributed by atoms with Crippen LogP contribution in [0.5, 0.6) is 6.01 Å². The molecule has 9 nitrogen and oxygen atoms in total. The van der Waals surface area contributed by atoms with Crippen molar-refractivity contribution in [1.82, 2.24) is 29.9 Å². The third-order valence-electron chi connectivity index (χ3n) is 8.61. The zero-order valence-corrected chi connectivity index (χ0v) is 25.1. The highest BCUT2D eigenvalue weighted by molar-refractivity contribution is 5.97. The summed E-state index contributed by atoms with van der Waals surface area (Å²) in [4.78, 5) is 14.7. The average Bonchev–Trinajstić information content (AvgIpc) is 3.65. The number of fused-ring (bicyclic) bond motifs is 2. The predicted molar refractivity (Wildman–Crippen MR) is 164 cm³/mol. The molecule has 2 aliphatic rings. The molecule has 216 valence electrons. The molecular weight excluding hydrogens is 512 g/mol. The molecule has 2 aromatic carbocycles. The van der Waals surface area contributed by atoms with Gasteiger partial charge in [0.25, 0.3) is 0 Å². The van der Waals surface area contributed by atoms with Crippen molar-refractivity contribution < 1.29 is 4.74 Å². The first-order valence-corrected chi connectivity index (χ1v) is 15.0. The van der Waals surface area contributed by atoms with Gasteiger partial charge in [0.2, 0.25) is 0 Å². The summed E-state index contributed by atoms with van der Waals surface area (Å²) >= 11 is 0. The quantitative estimate of drug-likeness (QED) is 0.277. The summed E-state index contributed by atoms with van der Waals surface area (Å²) < 4.78 is 8.30. The molecule has 0 radical (unpaired) electrons. The summed E-state index contributed by atoms with van der Waals surface area (Å²) in [5.74, 6) is 0.859. The Labute approximate surface area is 242 Å². The van der Waals surface area contributed by atoms with Crippen molar-refractivity contribution in [3.05, 3.63) is 64.6 Å². The Balaban J connectivity index is 1.32. The summed E-state index contributed by atoms with van der Waals surface area (Å²) in [6.07, 6.45) is 4.23. The van der Waals surface area contributed by atoms with E-state index in [9.17, 15) is 0 Å². The zero-order chi connectivity index (χ0) is 28.6. The van der Waals surface area contributed by atoms with Crippen LogP contribution >= 0.6 is 0 Å². The monoisotopic (exact) mass is 554 g/mol. The molecule has 1 saturated carbocycles. The van der Waals surface area contributed by atoms with Crippen molar-refractivity contribution in [3.8, 4) is 6.01 Å². The molecule has 0 amide bonds. The lowest BCUT2D eigenvalue weighted by molar-refractivity contribution is 0.182. The van der Waals surface area contributed by atoms with Gasteiger partial charge in [-0.1, -0.05) is 42.5 Å². The van der Waals surface area contributed by atoms with Gasteiger partial charge < -0.3 is 19.9 Å². The molecule has 9 heteroatoms. The smallest absolute Gasteiger partial charge is 0.318 e. The van der Waals surface area contributed by atoms with E-state index in [1.165, 1.54) is 40.4 Å². The molecular formula is C32H42N8O. The first-order chi connectivity index (χ1) is 19.9. The number of hydrogen-bond acceptors (Lipinski definition) is 8. The molecule has 0 bridgehead atoms. The number of aryl methyl sites for hydroxylation is 3. The number of ether oxygens (including phenoxy) is 1. The zero-order valence-electron chi connectivity index (χ0n) is 25.1. The van der Waals surface area contributed by atoms with E-state index >= 15 is 0 Å². The van der Waals surface area contributed by atoms with Crippen LogP contribution < -0.4 is 15.0 Å². The second-order valence-electron chi connectivity index (χ2n) is 11.9. The largest absolute Gasteiger partial charge is 0.463 e. The van der Waals surface area contributed by atoms with Gasteiger partial charge in [-0.3, -0.25) is 0 Å². The van der Waals surface area contributed by atoms with Crippen LogP contribution in [0.4, 0.5) is 11.5 Å². The molecule has 3 heterocycles. The summed E-state index contributed by atoms with van der Waals surface area (Å²) in [5, 5.41) is 14.8.